The normalized spacial score (nSPS) is 12.2. The number of aromatic nitrogens is 2. The van der Waals surface area contributed by atoms with Crippen LogP contribution in [-0.4, -0.2) is 27.5 Å². The van der Waals surface area contributed by atoms with E-state index in [0.29, 0.717) is 26.8 Å². The molecule has 0 saturated heterocycles. The summed E-state index contributed by atoms with van der Waals surface area (Å²) in [6.07, 6.45) is 1.55. The molecule has 0 fully saturated rings. The van der Waals surface area contributed by atoms with Crippen LogP contribution in [0.25, 0.3) is 11.3 Å². The van der Waals surface area contributed by atoms with Crippen molar-refractivity contribution in [1.82, 2.24) is 15.3 Å². The molecular weight excluding hydrogens is 379 g/mol. The van der Waals surface area contributed by atoms with Crippen molar-refractivity contribution in [3.63, 3.8) is 0 Å². The van der Waals surface area contributed by atoms with Gasteiger partial charge in [0.2, 0.25) is 0 Å². The van der Waals surface area contributed by atoms with E-state index < -0.39 is 11.9 Å². The predicted molar refractivity (Wildman–Crippen MR) is 98.5 cm³/mol. The largest absolute Gasteiger partial charge is 0.391 e. The van der Waals surface area contributed by atoms with Crippen LogP contribution in [0.4, 0.5) is 4.39 Å². The minimum Gasteiger partial charge on any atom is -0.391 e. The number of carbonyl (C=O) groups excluding carboxylic acids is 1. The Morgan fingerprint density at radius 2 is 2.23 bits per heavy atom. The van der Waals surface area contributed by atoms with Gasteiger partial charge in [-0.1, -0.05) is 17.7 Å². The van der Waals surface area contributed by atoms with Gasteiger partial charge in [-0.15, -0.1) is 11.3 Å². The highest BCUT2D eigenvalue weighted by molar-refractivity contribution is 7.11. The first-order valence-corrected chi connectivity index (χ1v) is 8.92. The van der Waals surface area contributed by atoms with E-state index >= 15 is 0 Å². The molecule has 3 aromatic rings. The molecule has 2 aromatic heterocycles. The average Bonchev–Trinajstić information content (AvgIpc) is 3.31. The van der Waals surface area contributed by atoms with Crippen LogP contribution in [0.3, 0.4) is 0 Å². The van der Waals surface area contributed by atoms with E-state index in [1.807, 2.05) is 0 Å². The molecule has 9 heteroatoms. The Balaban J connectivity index is 1.75. The summed E-state index contributed by atoms with van der Waals surface area (Å²) >= 11 is 6.97. The van der Waals surface area contributed by atoms with Gasteiger partial charge in [0.25, 0.3) is 5.91 Å². The van der Waals surface area contributed by atoms with Crippen LogP contribution < -0.4 is 11.1 Å². The molecule has 0 bridgehead atoms. The minimum absolute atomic E-state index is 0.0368. The lowest BCUT2D eigenvalue weighted by molar-refractivity contribution is 0.0933. The van der Waals surface area contributed by atoms with Gasteiger partial charge >= 0.3 is 0 Å². The first kappa shape index (κ1) is 18.5. The minimum atomic E-state index is -0.531. The van der Waals surface area contributed by atoms with Crippen LogP contribution in [0.1, 0.15) is 26.4 Å². The molecule has 0 aliphatic heterocycles. The molecule has 2 heterocycles. The molecule has 6 nitrogen and oxygen atoms in total. The monoisotopic (exact) mass is 394 g/mol. The maximum atomic E-state index is 13.6. The van der Waals surface area contributed by atoms with Crippen LogP contribution in [0.2, 0.25) is 5.02 Å². The maximum Gasteiger partial charge on any atom is 0.268 e. The maximum absolute atomic E-state index is 13.6. The molecule has 0 spiro atoms. The third-order valence-electron chi connectivity index (χ3n) is 3.73. The predicted octanol–water partition coefficient (Wildman–Crippen LogP) is 2.85. The zero-order chi connectivity index (χ0) is 18.7. The van der Waals surface area contributed by atoms with Crippen LogP contribution in [-0.2, 0) is 6.61 Å². The highest BCUT2D eigenvalue weighted by atomic mass is 35.5. The number of aromatic amines is 1. The molecule has 0 radical (unpaired) electrons. The summed E-state index contributed by atoms with van der Waals surface area (Å²) in [6.45, 7) is 0.0562. The number of halogens is 2. The standard InChI is InChI=1S/C17H16ClFN4O2S/c18-11-2-1-9(5-12(11)19)13-3-4-14(22-13)16(25)23-15(6-20)17-21-7-10(8-24)26-17/h1-5,7,15,22,24H,6,8,20H2,(H,23,25). The molecule has 0 aliphatic carbocycles. The molecule has 1 amide bonds. The van der Waals surface area contributed by atoms with E-state index in [2.05, 4.69) is 15.3 Å². The zero-order valence-electron chi connectivity index (χ0n) is 13.5. The molecule has 5 N–H and O–H groups in total. The third kappa shape index (κ3) is 3.94. The van der Waals surface area contributed by atoms with Crippen molar-refractivity contribution in [2.75, 3.05) is 6.54 Å². The van der Waals surface area contributed by atoms with Gasteiger partial charge in [0, 0.05) is 24.0 Å². The van der Waals surface area contributed by atoms with Crippen molar-refractivity contribution >= 4 is 28.8 Å². The number of hydrogen-bond acceptors (Lipinski definition) is 5. The number of rotatable bonds is 6. The molecule has 26 heavy (non-hydrogen) atoms. The van der Waals surface area contributed by atoms with Gasteiger partial charge in [-0.2, -0.15) is 0 Å². The van der Waals surface area contributed by atoms with E-state index in [4.69, 9.17) is 22.4 Å². The van der Waals surface area contributed by atoms with E-state index in [-0.39, 0.29) is 24.1 Å². The summed E-state index contributed by atoms with van der Waals surface area (Å²) in [5.41, 5.74) is 7.21. The van der Waals surface area contributed by atoms with Gasteiger partial charge in [-0.05, 0) is 24.3 Å². The number of H-pyrrole nitrogens is 1. The number of amides is 1. The number of nitrogens with zero attached hydrogens (tertiary/aromatic N) is 1. The summed E-state index contributed by atoms with van der Waals surface area (Å²) in [5.74, 6) is -0.890. The molecule has 1 unspecified atom stereocenters. The second-order valence-electron chi connectivity index (χ2n) is 5.50. The van der Waals surface area contributed by atoms with Gasteiger partial charge in [-0.3, -0.25) is 4.79 Å². The fourth-order valence-electron chi connectivity index (χ4n) is 2.37. The first-order chi connectivity index (χ1) is 12.5. The van der Waals surface area contributed by atoms with Gasteiger partial charge < -0.3 is 21.1 Å². The quantitative estimate of drug-likeness (QED) is 0.516. The molecule has 1 aromatic carbocycles. The molecule has 0 aliphatic rings. The van der Waals surface area contributed by atoms with Gasteiger partial charge in [0.05, 0.1) is 22.5 Å². The highest BCUT2D eigenvalue weighted by Gasteiger charge is 2.19. The second kappa shape index (κ2) is 7.96. The summed E-state index contributed by atoms with van der Waals surface area (Å²) in [6, 6.07) is 7.23. The molecule has 1 atom stereocenters. The Morgan fingerprint density at radius 1 is 1.42 bits per heavy atom. The van der Waals surface area contributed by atoms with Crippen LogP contribution >= 0.6 is 22.9 Å². The van der Waals surface area contributed by atoms with Gasteiger partial charge in [0.15, 0.2) is 0 Å². The van der Waals surface area contributed by atoms with Crippen molar-refractivity contribution in [2.45, 2.75) is 12.6 Å². The van der Waals surface area contributed by atoms with Crippen LogP contribution in [0.15, 0.2) is 36.5 Å². The highest BCUT2D eigenvalue weighted by Crippen LogP contribution is 2.24. The second-order valence-corrected chi connectivity index (χ2v) is 7.05. The van der Waals surface area contributed by atoms with Crippen molar-refractivity contribution in [3.8, 4) is 11.3 Å². The van der Waals surface area contributed by atoms with Crippen molar-refractivity contribution in [1.29, 1.82) is 0 Å². The van der Waals surface area contributed by atoms with Gasteiger partial charge in [-0.25, -0.2) is 9.37 Å². The molecular formula is C17H16ClFN4O2S. The Hall–Kier alpha value is -2.26. The summed E-state index contributed by atoms with van der Waals surface area (Å²) in [7, 11) is 0. The Bertz CT molecular complexity index is 927. The SMILES string of the molecule is NCC(NC(=O)c1ccc(-c2ccc(Cl)c(F)c2)[nH]1)c1ncc(CO)s1. The molecule has 0 saturated carbocycles. The van der Waals surface area contributed by atoms with E-state index in [1.54, 1.807) is 24.4 Å². The number of benzene rings is 1. The van der Waals surface area contributed by atoms with Crippen molar-refractivity contribution in [2.24, 2.45) is 5.73 Å². The summed E-state index contributed by atoms with van der Waals surface area (Å²) in [5, 5.41) is 12.6. The summed E-state index contributed by atoms with van der Waals surface area (Å²) in [4.78, 5) is 20.3. The van der Waals surface area contributed by atoms with Crippen LogP contribution in [0, 0.1) is 5.82 Å². The first-order valence-electron chi connectivity index (χ1n) is 7.72. The number of thiazole rings is 1. The topological polar surface area (TPSA) is 104 Å². The third-order valence-corrected chi connectivity index (χ3v) is 5.13. The number of aliphatic hydroxyl groups excluding tert-OH is 1. The van der Waals surface area contributed by atoms with Crippen molar-refractivity contribution < 1.29 is 14.3 Å². The zero-order valence-corrected chi connectivity index (χ0v) is 15.1. The Labute approximate surface area is 157 Å². The number of nitrogens with one attached hydrogen (secondary N) is 2. The Morgan fingerprint density at radius 3 is 2.88 bits per heavy atom. The van der Waals surface area contributed by atoms with E-state index in [9.17, 15) is 9.18 Å². The van der Waals surface area contributed by atoms with E-state index in [1.165, 1.54) is 23.5 Å². The lowest BCUT2D eigenvalue weighted by Crippen LogP contribution is -2.33. The number of aliphatic hydroxyl groups is 1. The number of nitrogens with two attached hydrogens (primary N) is 1. The van der Waals surface area contributed by atoms with E-state index in [0.717, 1.165) is 0 Å². The van der Waals surface area contributed by atoms with Crippen LogP contribution in [0.5, 0.6) is 0 Å². The van der Waals surface area contributed by atoms with Crippen molar-refractivity contribution in [3.05, 3.63) is 62.9 Å². The summed E-state index contributed by atoms with van der Waals surface area (Å²) < 4.78 is 13.6. The fourth-order valence-corrected chi connectivity index (χ4v) is 3.33. The Kier molecular flexibility index (Phi) is 5.67. The smallest absolute Gasteiger partial charge is 0.268 e. The lowest BCUT2D eigenvalue weighted by atomic mass is 10.1. The fraction of sp³-hybridized carbons (Fsp3) is 0.176. The number of hydrogen-bond donors (Lipinski definition) is 4. The molecule has 136 valence electrons. The average molecular weight is 395 g/mol. The molecule has 3 rings (SSSR count). The van der Waals surface area contributed by atoms with Gasteiger partial charge in [0.1, 0.15) is 16.5 Å². The lowest BCUT2D eigenvalue weighted by Gasteiger charge is -2.13. The number of carbonyl (C=O) groups is 1.